The number of hydrogen-bond donors (Lipinski definition) is 2. The lowest BCUT2D eigenvalue weighted by molar-refractivity contribution is 0.265. The lowest BCUT2D eigenvalue weighted by Gasteiger charge is -2.17. The molecule has 1 atom stereocenters. The minimum absolute atomic E-state index is 0.0262. The first-order valence-corrected chi connectivity index (χ1v) is 8.05. The second-order valence-corrected chi connectivity index (χ2v) is 6.93. The number of sulfonamides is 1. The maximum Gasteiger partial charge on any atom is 0.242 e. The summed E-state index contributed by atoms with van der Waals surface area (Å²) in [6.07, 6.45) is 3.70. The van der Waals surface area contributed by atoms with Gasteiger partial charge in [0, 0.05) is 18.8 Å². The lowest BCUT2D eigenvalue weighted by atomic mass is 10.1. The van der Waals surface area contributed by atoms with Crippen molar-refractivity contribution in [2.24, 2.45) is 5.92 Å². The molecule has 0 radical (unpaired) electrons. The fourth-order valence-electron chi connectivity index (χ4n) is 1.98. The summed E-state index contributed by atoms with van der Waals surface area (Å²) in [6, 6.07) is 1.30. The Morgan fingerprint density at radius 2 is 2.26 bits per heavy atom. The van der Waals surface area contributed by atoms with Crippen LogP contribution in [0.1, 0.15) is 24.8 Å². The Bertz CT molecular complexity index is 558. The van der Waals surface area contributed by atoms with E-state index < -0.39 is 10.0 Å². The highest BCUT2D eigenvalue weighted by Gasteiger charge is 2.34. The number of pyridine rings is 1. The third-order valence-electron chi connectivity index (χ3n) is 3.24. The molecule has 1 aliphatic rings. The van der Waals surface area contributed by atoms with E-state index in [2.05, 4.69) is 9.71 Å². The Morgan fingerprint density at radius 3 is 2.79 bits per heavy atom. The van der Waals surface area contributed by atoms with Gasteiger partial charge >= 0.3 is 0 Å². The molecule has 1 unspecified atom stereocenters. The fourth-order valence-corrected chi connectivity index (χ4v) is 3.45. The molecule has 5 nitrogen and oxygen atoms in total. The summed E-state index contributed by atoms with van der Waals surface area (Å²) in [4.78, 5) is 3.96. The van der Waals surface area contributed by atoms with Crippen LogP contribution in [0.5, 0.6) is 0 Å². The second kappa shape index (κ2) is 5.75. The molecular weight excluding hydrogens is 288 g/mol. The van der Waals surface area contributed by atoms with Crippen molar-refractivity contribution >= 4 is 21.6 Å². The SMILES string of the molecule is Cc1cc(S(=O)(=O)NC(CCO)C2CC2)cnc1Cl. The zero-order valence-electron chi connectivity index (χ0n) is 10.6. The van der Waals surface area contributed by atoms with Crippen molar-refractivity contribution in [3.8, 4) is 0 Å². The molecule has 1 aromatic heterocycles. The maximum absolute atomic E-state index is 12.2. The van der Waals surface area contributed by atoms with E-state index >= 15 is 0 Å². The Balaban J connectivity index is 2.18. The van der Waals surface area contributed by atoms with E-state index in [-0.39, 0.29) is 17.5 Å². The molecule has 2 rings (SSSR count). The van der Waals surface area contributed by atoms with Crippen LogP contribution in [-0.2, 0) is 10.0 Å². The van der Waals surface area contributed by atoms with Gasteiger partial charge in [0.1, 0.15) is 10.0 Å². The van der Waals surface area contributed by atoms with Gasteiger partial charge in [0.2, 0.25) is 10.0 Å². The van der Waals surface area contributed by atoms with Gasteiger partial charge in [0.25, 0.3) is 0 Å². The second-order valence-electron chi connectivity index (χ2n) is 4.86. The number of nitrogens with one attached hydrogen (secondary N) is 1. The maximum atomic E-state index is 12.2. The van der Waals surface area contributed by atoms with E-state index in [4.69, 9.17) is 16.7 Å². The zero-order valence-corrected chi connectivity index (χ0v) is 12.2. The van der Waals surface area contributed by atoms with Gasteiger partial charge in [-0.25, -0.2) is 18.1 Å². The molecule has 0 spiro atoms. The molecule has 1 aromatic rings. The molecule has 1 aliphatic carbocycles. The topological polar surface area (TPSA) is 79.3 Å². The van der Waals surface area contributed by atoms with E-state index in [1.165, 1.54) is 12.3 Å². The summed E-state index contributed by atoms with van der Waals surface area (Å²) >= 11 is 5.79. The van der Waals surface area contributed by atoms with Crippen LogP contribution in [0.2, 0.25) is 5.15 Å². The molecule has 1 heterocycles. The van der Waals surface area contributed by atoms with Crippen LogP contribution in [0.4, 0.5) is 0 Å². The molecule has 0 saturated heterocycles. The summed E-state index contributed by atoms with van der Waals surface area (Å²) in [7, 11) is -3.61. The molecule has 0 aromatic carbocycles. The standard InChI is InChI=1S/C12H17ClN2O3S/c1-8-6-10(7-14-12(8)13)19(17,18)15-11(4-5-16)9-2-3-9/h6-7,9,11,15-16H,2-5H2,1H3. The summed E-state index contributed by atoms with van der Waals surface area (Å²) < 4.78 is 27.1. The lowest BCUT2D eigenvalue weighted by Crippen LogP contribution is -2.37. The van der Waals surface area contributed by atoms with Gasteiger partial charge in [0.05, 0.1) is 0 Å². The Kier molecular flexibility index (Phi) is 4.45. The number of nitrogens with zero attached hydrogens (tertiary/aromatic N) is 1. The average Bonchev–Trinajstić information content (AvgIpc) is 3.16. The highest BCUT2D eigenvalue weighted by molar-refractivity contribution is 7.89. The van der Waals surface area contributed by atoms with Gasteiger partial charge in [0.15, 0.2) is 0 Å². The normalized spacial score (nSPS) is 17.4. The van der Waals surface area contributed by atoms with Gasteiger partial charge in [-0.05, 0) is 43.7 Å². The van der Waals surface area contributed by atoms with Crippen LogP contribution in [0.15, 0.2) is 17.2 Å². The summed E-state index contributed by atoms with van der Waals surface area (Å²) in [5, 5.41) is 9.30. The number of halogens is 1. The Labute approximate surface area is 118 Å². The van der Waals surface area contributed by atoms with Crippen LogP contribution >= 0.6 is 11.6 Å². The van der Waals surface area contributed by atoms with Gasteiger partial charge in [-0.1, -0.05) is 11.6 Å². The van der Waals surface area contributed by atoms with Gasteiger partial charge in [-0.15, -0.1) is 0 Å². The van der Waals surface area contributed by atoms with E-state index in [9.17, 15) is 8.42 Å². The number of aryl methyl sites for hydroxylation is 1. The van der Waals surface area contributed by atoms with Crippen molar-refractivity contribution in [1.29, 1.82) is 0 Å². The van der Waals surface area contributed by atoms with Crippen LogP contribution in [0.3, 0.4) is 0 Å². The Hall–Kier alpha value is -0.690. The molecule has 0 amide bonds. The Morgan fingerprint density at radius 1 is 1.58 bits per heavy atom. The van der Waals surface area contributed by atoms with Crippen molar-refractivity contribution in [3.05, 3.63) is 23.0 Å². The monoisotopic (exact) mass is 304 g/mol. The quantitative estimate of drug-likeness (QED) is 0.780. The number of rotatable bonds is 6. The highest BCUT2D eigenvalue weighted by Crippen LogP contribution is 2.34. The largest absolute Gasteiger partial charge is 0.396 e. The van der Waals surface area contributed by atoms with E-state index in [1.807, 2.05) is 0 Å². The van der Waals surface area contributed by atoms with E-state index in [1.54, 1.807) is 6.92 Å². The molecule has 1 fully saturated rings. The molecule has 0 aliphatic heterocycles. The number of hydrogen-bond acceptors (Lipinski definition) is 4. The zero-order chi connectivity index (χ0) is 14.0. The van der Waals surface area contributed by atoms with Crippen molar-refractivity contribution < 1.29 is 13.5 Å². The van der Waals surface area contributed by atoms with Gasteiger partial charge in [-0.2, -0.15) is 0 Å². The van der Waals surface area contributed by atoms with E-state index in [0.29, 0.717) is 23.1 Å². The van der Waals surface area contributed by atoms with E-state index in [0.717, 1.165) is 12.8 Å². The van der Waals surface area contributed by atoms with Crippen LogP contribution < -0.4 is 4.72 Å². The third-order valence-corrected chi connectivity index (χ3v) is 5.09. The number of aromatic nitrogens is 1. The molecule has 7 heteroatoms. The molecule has 19 heavy (non-hydrogen) atoms. The predicted molar refractivity (Wildman–Crippen MR) is 72.5 cm³/mol. The third kappa shape index (κ3) is 3.66. The molecule has 1 saturated carbocycles. The first-order valence-electron chi connectivity index (χ1n) is 6.19. The molecular formula is C12H17ClN2O3S. The summed E-state index contributed by atoms with van der Waals surface area (Å²) in [5.74, 6) is 0.336. The number of aliphatic hydroxyl groups is 1. The minimum atomic E-state index is -3.61. The van der Waals surface area contributed by atoms with Crippen molar-refractivity contribution in [1.82, 2.24) is 9.71 Å². The summed E-state index contributed by atoms with van der Waals surface area (Å²) in [5.41, 5.74) is 0.620. The van der Waals surface area contributed by atoms with Crippen LogP contribution in [0, 0.1) is 12.8 Å². The molecule has 2 N–H and O–H groups in total. The highest BCUT2D eigenvalue weighted by atomic mass is 35.5. The summed E-state index contributed by atoms with van der Waals surface area (Å²) in [6.45, 7) is 1.68. The number of aliphatic hydroxyl groups excluding tert-OH is 1. The smallest absolute Gasteiger partial charge is 0.242 e. The van der Waals surface area contributed by atoms with Crippen molar-refractivity contribution in [2.75, 3.05) is 6.61 Å². The molecule has 0 bridgehead atoms. The first kappa shape index (κ1) is 14.7. The average molecular weight is 305 g/mol. The molecule has 106 valence electrons. The van der Waals surface area contributed by atoms with Crippen molar-refractivity contribution in [3.63, 3.8) is 0 Å². The minimum Gasteiger partial charge on any atom is -0.396 e. The first-order chi connectivity index (χ1) is 8.94. The fraction of sp³-hybridized carbons (Fsp3) is 0.583. The van der Waals surface area contributed by atoms with Crippen molar-refractivity contribution in [2.45, 2.75) is 37.1 Å². The van der Waals surface area contributed by atoms with Gasteiger partial charge < -0.3 is 5.11 Å². The van der Waals surface area contributed by atoms with Crippen LogP contribution in [0.25, 0.3) is 0 Å². The van der Waals surface area contributed by atoms with Gasteiger partial charge in [-0.3, -0.25) is 0 Å². The van der Waals surface area contributed by atoms with Crippen LogP contribution in [-0.4, -0.2) is 31.2 Å². The predicted octanol–water partition coefficient (Wildman–Crippen LogP) is 1.48.